The Morgan fingerprint density at radius 1 is 1.03 bits per heavy atom. The molecule has 1 N–H and O–H groups in total. The highest BCUT2D eigenvalue weighted by molar-refractivity contribution is 14.1. The van der Waals surface area contributed by atoms with Crippen molar-refractivity contribution in [2.75, 3.05) is 14.2 Å². The van der Waals surface area contributed by atoms with Crippen LogP contribution in [0.1, 0.15) is 21.5 Å². The summed E-state index contributed by atoms with van der Waals surface area (Å²) in [6.07, 6.45) is 1.76. The van der Waals surface area contributed by atoms with Crippen molar-refractivity contribution in [2.24, 2.45) is 4.99 Å². The van der Waals surface area contributed by atoms with Crippen molar-refractivity contribution in [3.63, 3.8) is 0 Å². The normalized spacial score (nSPS) is 10.8. The van der Waals surface area contributed by atoms with Gasteiger partial charge in [-0.1, -0.05) is 12.1 Å². The summed E-state index contributed by atoms with van der Waals surface area (Å²) in [5, 5.41) is 8.99. The van der Waals surface area contributed by atoms with E-state index < -0.39 is 5.97 Å². The lowest BCUT2D eigenvalue weighted by molar-refractivity contribution is 0.0697. The van der Waals surface area contributed by atoms with Gasteiger partial charge in [0.2, 0.25) is 0 Å². The maximum atomic E-state index is 11.0. The summed E-state index contributed by atoms with van der Waals surface area (Å²) >= 11 is 2.19. The van der Waals surface area contributed by atoms with E-state index in [9.17, 15) is 4.79 Å². The lowest BCUT2D eigenvalue weighted by Gasteiger charge is -2.13. The van der Waals surface area contributed by atoms with Crippen molar-refractivity contribution in [1.82, 2.24) is 0 Å². The van der Waals surface area contributed by atoms with Crippen LogP contribution >= 0.6 is 22.6 Å². The first-order chi connectivity index (χ1) is 14.5. The summed E-state index contributed by atoms with van der Waals surface area (Å²) in [6.45, 7) is 0.297. The molecule has 0 amide bonds. The molecule has 30 heavy (non-hydrogen) atoms. The molecule has 0 atom stereocenters. The van der Waals surface area contributed by atoms with Gasteiger partial charge in [0.1, 0.15) is 12.4 Å². The van der Waals surface area contributed by atoms with Gasteiger partial charge in [-0.25, -0.2) is 4.79 Å². The first-order valence-corrected chi connectivity index (χ1v) is 10.1. The van der Waals surface area contributed by atoms with Crippen LogP contribution in [0.3, 0.4) is 0 Å². The van der Waals surface area contributed by atoms with Gasteiger partial charge in [-0.3, -0.25) is 4.99 Å². The number of carboxylic acids is 1. The number of hydrogen-bond acceptors (Lipinski definition) is 5. The highest BCUT2D eigenvalue weighted by Crippen LogP contribution is 2.34. The first kappa shape index (κ1) is 21.6. The van der Waals surface area contributed by atoms with Gasteiger partial charge in [0, 0.05) is 6.21 Å². The Morgan fingerprint density at radius 3 is 2.33 bits per heavy atom. The number of nitrogens with zero attached hydrogens (tertiary/aromatic N) is 1. The maximum Gasteiger partial charge on any atom is 0.335 e. The van der Waals surface area contributed by atoms with Crippen LogP contribution in [0.2, 0.25) is 0 Å². The van der Waals surface area contributed by atoms with Crippen molar-refractivity contribution in [1.29, 1.82) is 0 Å². The largest absolute Gasteiger partial charge is 0.497 e. The minimum atomic E-state index is -0.953. The molecular formula is C23H20INO5. The van der Waals surface area contributed by atoms with Gasteiger partial charge in [0.05, 0.1) is 29.0 Å². The van der Waals surface area contributed by atoms with Crippen molar-refractivity contribution in [3.8, 4) is 17.2 Å². The zero-order valence-corrected chi connectivity index (χ0v) is 18.6. The maximum absolute atomic E-state index is 11.0. The first-order valence-electron chi connectivity index (χ1n) is 9.01. The topological polar surface area (TPSA) is 77.4 Å². The lowest BCUT2D eigenvalue weighted by Crippen LogP contribution is -2.02. The van der Waals surface area contributed by atoms with E-state index in [1.165, 1.54) is 0 Å². The van der Waals surface area contributed by atoms with Crippen LogP contribution in [0.5, 0.6) is 17.2 Å². The van der Waals surface area contributed by atoms with Gasteiger partial charge in [-0.2, -0.15) is 0 Å². The molecule has 0 saturated heterocycles. The minimum absolute atomic E-state index is 0.242. The standard InChI is InChI=1S/C23H20INO5/c1-28-19-9-7-18(8-10-19)25-13-16-11-20(24)22(21(12-16)29-2)30-14-15-3-5-17(6-4-15)23(26)27/h3-13H,14H2,1-2H3,(H,26,27). The molecule has 0 fully saturated rings. The number of rotatable bonds is 8. The molecular weight excluding hydrogens is 497 g/mol. The fourth-order valence-corrected chi connectivity index (χ4v) is 3.45. The summed E-state index contributed by atoms with van der Waals surface area (Å²) in [5.74, 6) is 1.05. The van der Waals surface area contributed by atoms with E-state index in [1.54, 1.807) is 44.7 Å². The lowest BCUT2D eigenvalue weighted by atomic mass is 10.1. The number of carbonyl (C=O) groups is 1. The Morgan fingerprint density at radius 2 is 1.73 bits per heavy atom. The molecule has 0 unspecified atom stereocenters. The molecule has 0 heterocycles. The van der Waals surface area contributed by atoms with Crippen molar-refractivity contribution in [3.05, 3.63) is 80.9 Å². The third kappa shape index (κ3) is 5.50. The van der Waals surface area contributed by atoms with Gasteiger partial charge >= 0.3 is 5.97 Å². The van der Waals surface area contributed by atoms with Crippen LogP contribution in [0.15, 0.2) is 65.7 Å². The number of hydrogen-bond donors (Lipinski definition) is 1. The van der Waals surface area contributed by atoms with Crippen LogP contribution in [-0.4, -0.2) is 31.5 Å². The molecule has 0 aromatic heterocycles. The fraction of sp³-hybridized carbons (Fsp3) is 0.130. The van der Waals surface area contributed by atoms with Crippen LogP contribution < -0.4 is 14.2 Å². The zero-order valence-electron chi connectivity index (χ0n) is 16.5. The average molecular weight is 517 g/mol. The third-order valence-electron chi connectivity index (χ3n) is 4.27. The molecule has 0 aliphatic rings. The molecule has 3 rings (SSSR count). The number of benzene rings is 3. The Bertz CT molecular complexity index is 1050. The molecule has 7 heteroatoms. The van der Waals surface area contributed by atoms with E-state index in [4.69, 9.17) is 19.3 Å². The van der Waals surface area contributed by atoms with Gasteiger partial charge < -0.3 is 19.3 Å². The summed E-state index contributed by atoms with van der Waals surface area (Å²) in [5.41, 5.74) is 2.80. The molecule has 3 aromatic carbocycles. The highest BCUT2D eigenvalue weighted by Gasteiger charge is 2.12. The predicted molar refractivity (Wildman–Crippen MR) is 124 cm³/mol. The highest BCUT2D eigenvalue weighted by atomic mass is 127. The number of halogens is 1. The Hall–Kier alpha value is -3.07. The molecule has 6 nitrogen and oxygen atoms in total. The Labute approximate surface area is 188 Å². The quantitative estimate of drug-likeness (QED) is 0.323. The van der Waals surface area contributed by atoms with Crippen molar-refractivity contribution >= 4 is 40.5 Å². The van der Waals surface area contributed by atoms with Gasteiger partial charge in [0.15, 0.2) is 11.5 Å². The summed E-state index contributed by atoms with van der Waals surface area (Å²) < 4.78 is 17.5. The monoisotopic (exact) mass is 517 g/mol. The number of aliphatic imine (C=N–C) groups is 1. The average Bonchev–Trinajstić information content (AvgIpc) is 2.77. The van der Waals surface area contributed by atoms with E-state index in [-0.39, 0.29) is 5.56 Å². The SMILES string of the molecule is COc1ccc(N=Cc2cc(I)c(OCc3ccc(C(=O)O)cc3)c(OC)c2)cc1. The molecule has 0 radical (unpaired) electrons. The number of carboxylic acid groups (broad SMARTS) is 1. The predicted octanol–water partition coefficient (Wildman–Crippen LogP) is 5.34. The Balaban J connectivity index is 1.74. The Kier molecular flexibility index (Phi) is 7.29. The third-order valence-corrected chi connectivity index (χ3v) is 5.07. The molecule has 0 aliphatic carbocycles. The van der Waals surface area contributed by atoms with Gasteiger partial charge in [-0.05, 0) is 82.2 Å². The second-order valence-corrected chi connectivity index (χ2v) is 7.44. The van der Waals surface area contributed by atoms with E-state index in [0.717, 1.165) is 26.1 Å². The van der Waals surface area contributed by atoms with Gasteiger partial charge in [-0.15, -0.1) is 0 Å². The molecule has 0 bridgehead atoms. The number of ether oxygens (including phenoxy) is 3. The number of aromatic carboxylic acids is 1. The fourth-order valence-electron chi connectivity index (χ4n) is 2.67. The minimum Gasteiger partial charge on any atom is -0.497 e. The summed E-state index contributed by atoms with van der Waals surface area (Å²) in [7, 11) is 3.21. The molecule has 0 aliphatic heterocycles. The van der Waals surface area contributed by atoms with Crippen LogP contribution in [0.4, 0.5) is 5.69 Å². The van der Waals surface area contributed by atoms with E-state index in [2.05, 4.69) is 27.6 Å². The molecule has 0 spiro atoms. The number of methoxy groups -OCH3 is 2. The second-order valence-electron chi connectivity index (χ2n) is 6.28. The van der Waals surface area contributed by atoms with Crippen molar-refractivity contribution < 1.29 is 24.1 Å². The molecule has 3 aromatic rings. The van der Waals surface area contributed by atoms with Crippen LogP contribution in [0, 0.1) is 3.57 Å². The zero-order chi connectivity index (χ0) is 21.5. The van der Waals surface area contributed by atoms with E-state index in [1.807, 2.05) is 36.4 Å². The molecule has 154 valence electrons. The van der Waals surface area contributed by atoms with Gasteiger partial charge in [0.25, 0.3) is 0 Å². The summed E-state index contributed by atoms with van der Waals surface area (Å²) in [4.78, 5) is 15.4. The van der Waals surface area contributed by atoms with E-state index >= 15 is 0 Å². The van der Waals surface area contributed by atoms with Crippen molar-refractivity contribution in [2.45, 2.75) is 6.61 Å². The van der Waals surface area contributed by atoms with E-state index in [0.29, 0.717) is 18.1 Å². The molecule has 0 saturated carbocycles. The smallest absolute Gasteiger partial charge is 0.335 e. The van der Waals surface area contributed by atoms with Crippen LogP contribution in [0.25, 0.3) is 0 Å². The summed E-state index contributed by atoms with van der Waals surface area (Å²) in [6, 6.07) is 17.9. The van der Waals surface area contributed by atoms with Crippen LogP contribution in [-0.2, 0) is 6.61 Å². The second kappa shape index (κ2) is 10.1.